The van der Waals surface area contributed by atoms with Crippen molar-refractivity contribution in [2.24, 2.45) is 16.6 Å². The van der Waals surface area contributed by atoms with Gasteiger partial charge in [0.15, 0.2) is 6.67 Å². The van der Waals surface area contributed by atoms with Gasteiger partial charge in [-0.3, -0.25) is 0 Å². The van der Waals surface area contributed by atoms with Crippen LogP contribution in [0.3, 0.4) is 0 Å². The molecule has 6 heteroatoms. The Bertz CT molecular complexity index is 243. The summed E-state index contributed by atoms with van der Waals surface area (Å²) < 4.78 is 0. The average molecular weight is 155 g/mol. The van der Waals surface area contributed by atoms with Crippen LogP contribution in [0.1, 0.15) is 0 Å². The Hall–Kier alpha value is -1.11. The van der Waals surface area contributed by atoms with Crippen LogP contribution in [0.25, 0.3) is 0 Å². The molecule has 5 N–H and O–H groups in total. The normalized spacial score (nSPS) is 30.4. The van der Waals surface area contributed by atoms with Crippen LogP contribution in [0.15, 0.2) is 17.0 Å². The summed E-state index contributed by atoms with van der Waals surface area (Å²) in [7, 11) is 1.89. The Kier molecular flexibility index (Phi) is 1.16. The molecule has 0 saturated carbocycles. The van der Waals surface area contributed by atoms with E-state index in [1.807, 2.05) is 12.1 Å². The number of hydrogen-bond donors (Lipinski definition) is 3. The van der Waals surface area contributed by atoms with E-state index in [0.29, 0.717) is 0 Å². The molecule has 6 nitrogen and oxygen atoms in total. The topological polar surface area (TPSA) is 75.3 Å². The van der Waals surface area contributed by atoms with Gasteiger partial charge < -0.3 is 5.73 Å². The molecule has 1 fully saturated rings. The average Bonchev–Trinajstić information content (AvgIpc) is 2.43. The number of quaternary nitrogens is 1. The zero-order valence-electron chi connectivity index (χ0n) is 6.28. The highest BCUT2D eigenvalue weighted by Crippen LogP contribution is 1.97. The Labute approximate surface area is 64.3 Å². The summed E-state index contributed by atoms with van der Waals surface area (Å²) in [5, 5.41) is 3.36. The molecule has 11 heavy (non-hydrogen) atoms. The van der Waals surface area contributed by atoms with Gasteiger partial charge in [0.05, 0.1) is 0 Å². The monoisotopic (exact) mass is 155 g/mol. The lowest BCUT2D eigenvalue weighted by Crippen LogP contribution is -3.12. The van der Waals surface area contributed by atoms with E-state index in [2.05, 4.69) is 4.99 Å². The molecule has 1 saturated heterocycles. The van der Waals surface area contributed by atoms with Crippen molar-refractivity contribution in [3.05, 3.63) is 12.0 Å². The van der Waals surface area contributed by atoms with E-state index in [0.717, 1.165) is 23.3 Å². The standard InChI is InChI=1S/C5H10N6/c1-9-3-10-4(6)2-8-5(10)11(9)7/h2H,3,6-7H2,1H3/p+1. The van der Waals surface area contributed by atoms with Crippen molar-refractivity contribution in [3.8, 4) is 0 Å². The zero-order chi connectivity index (χ0) is 8.01. The van der Waals surface area contributed by atoms with Crippen LogP contribution < -0.4 is 16.5 Å². The first-order valence-corrected chi connectivity index (χ1v) is 3.36. The maximum absolute atomic E-state index is 5.64. The van der Waals surface area contributed by atoms with Crippen LogP contribution >= 0.6 is 0 Å². The molecule has 0 aromatic carbocycles. The lowest BCUT2D eigenvalue weighted by Gasteiger charge is -2.12. The Morgan fingerprint density at radius 3 is 3.09 bits per heavy atom. The predicted octanol–water partition coefficient (Wildman–Crippen LogP) is -3.01. The van der Waals surface area contributed by atoms with E-state index in [1.54, 1.807) is 6.20 Å². The molecular weight excluding hydrogens is 144 g/mol. The zero-order valence-corrected chi connectivity index (χ0v) is 6.28. The van der Waals surface area contributed by atoms with E-state index < -0.39 is 0 Å². The van der Waals surface area contributed by atoms with Gasteiger partial charge in [0.2, 0.25) is 5.82 Å². The van der Waals surface area contributed by atoms with E-state index in [-0.39, 0.29) is 0 Å². The highest BCUT2D eigenvalue weighted by molar-refractivity contribution is 5.74. The predicted molar refractivity (Wildman–Crippen MR) is 39.3 cm³/mol. The fraction of sp³-hybridized carbons (Fsp3) is 0.400. The van der Waals surface area contributed by atoms with Crippen LogP contribution in [-0.4, -0.2) is 29.8 Å². The van der Waals surface area contributed by atoms with Gasteiger partial charge in [-0.1, -0.05) is 0 Å². The molecule has 2 aliphatic rings. The van der Waals surface area contributed by atoms with Crippen LogP contribution in [0.4, 0.5) is 0 Å². The molecule has 2 heterocycles. The SMILES string of the molecule is CN1C[NH+]2C(N)=CN=C2N1N. The molecule has 0 aromatic heterocycles. The third kappa shape index (κ3) is 0.739. The summed E-state index contributed by atoms with van der Waals surface area (Å²) in [4.78, 5) is 5.09. The maximum Gasteiger partial charge on any atom is 0.341 e. The van der Waals surface area contributed by atoms with Crippen molar-refractivity contribution in [1.82, 2.24) is 10.1 Å². The highest BCUT2D eigenvalue weighted by Gasteiger charge is 2.39. The van der Waals surface area contributed by atoms with E-state index in [4.69, 9.17) is 11.6 Å². The number of nitrogens with one attached hydrogen (secondary N) is 1. The van der Waals surface area contributed by atoms with Crippen LogP contribution in [0, 0.1) is 0 Å². The van der Waals surface area contributed by atoms with E-state index >= 15 is 0 Å². The van der Waals surface area contributed by atoms with Crippen molar-refractivity contribution >= 4 is 5.96 Å². The Balaban J connectivity index is 2.27. The van der Waals surface area contributed by atoms with Crippen LogP contribution in [0.5, 0.6) is 0 Å². The molecule has 0 bridgehead atoms. The largest absolute Gasteiger partial charge is 0.353 e. The Morgan fingerprint density at radius 1 is 1.73 bits per heavy atom. The van der Waals surface area contributed by atoms with Gasteiger partial charge in [0.1, 0.15) is 6.20 Å². The lowest BCUT2D eigenvalue weighted by atomic mass is 10.7. The lowest BCUT2D eigenvalue weighted by molar-refractivity contribution is -0.761. The smallest absolute Gasteiger partial charge is 0.341 e. The van der Waals surface area contributed by atoms with E-state index in [1.165, 1.54) is 5.12 Å². The number of fused-ring (bicyclic) bond motifs is 1. The van der Waals surface area contributed by atoms with Gasteiger partial charge in [0, 0.05) is 7.05 Å². The minimum atomic E-state index is 0.722. The minimum Gasteiger partial charge on any atom is -0.353 e. The number of hydrazine groups is 2. The van der Waals surface area contributed by atoms with Crippen molar-refractivity contribution in [1.29, 1.82) is 0 Å². The summed E-state index contributed by atoms with van der Waals surface area (Å²) in [5.74, 6) is 7.13. The van der Waals surface area contributed by atoms with Crippen molar-refractivity contribution < 1.29 is 4.90 Å². The second-order valence-corrected chi connectivity index (χ2v) is 2.68. The molecule has 2 aliphatic heterocycles. The first-order chi connectivity index (χ1) is 5.20. The second kappa shape index (κ2) is 1.94. The summed E-state index contributed by atoms with van der Waals surface area (Å²) in [5.41, 5.74) is 5.64. The molecule has 0 spiro atoms. The molecule has 0 aliphatic carbocycles. The first kappa shape index (κ1) is 6.59. The maximum atomic E-state index is 5.64. The number of aliphatic imine (C=N–C) groups is 1. The van der Waals surface area contributed by atoms with Gasteiger partial charge in [-0.05, 0) is 0 Å². The van der Waals surface area contributed by atoms with Crippen LogP contribution in [0.2, 0.25) is 0 Å². The minimum absolute atomic E-state index is 0.722. The molecule has 60 valence electrons. The van der Waals surface area contributed by atoms with Gasteiger partial charge in [-0.2, -0.15) is 15.1 Å². The van der Waals surface area contributed by atoms with E-state index in [9.17, 15) is 0 Å². The highest BCUT2D eigenvalue weighted by atomic mass is 15.9. The number of guanidine groups is 1. The molecule has 1 atom stereocenters. The summed E-state index contributed by atoms with van der Waals surface area (Å²) in [6.45, 7) is 0.748. The second-order valence-electron chi connectivity index (χ2n) is 2.68. The molecule has 1 unspecified atom stereocenters. The molecule has 0 aromatic rings. The molecule has 0 amide bonds. The number of hydrogen-bond acceptors (Lipinski definition) is 5. The fourth-order valence-electron chi connectivity index (χ4n) is 1.24. The summed E-state index contributed by atoms with van der Waals surface area (Å²) >= 11 is 0. The van der Waals surface area contributed by atoms with Crippen molar-refractivity contribution in [2.45, 2.75) is 0 Å². The molecule has 2 rings (SSSR count). The number of rotatable bonds is 0. The van der Waals surface area contributed by atoms with Crippen molar-refractivity contribution in [2.75, 3.05) is 13.7 Å². The third-order valence-electron chi connectivity index (χ3n) is 1.92. The number of nitrogens with zero attached hydrogens (tertiary/aromatic N) is 3. The molecular formula is C5H11N6+. The number of nitrogens with two attached hydrogens (primary N) is 2. The summed E-state index contributed by atoms with van der Waals surface area (Å²) in [6, 6.07) is 0. The van der Waals surface area contributed by atoms with Gasteiger partial charge in [-0.25, -0.2) is 10.7 Å². The molecule has 0 radical (unpaired) electrons. The Morgan fingerprint density at radius 2 is 2.45 bits per heavy atom. The van der Waals surface area contributed by atoms with Crippen LogP contribution in [-0.2, 0) is 0 Å². The summed E-state index contributed by atoms with van der Waals surface area (Å²) in [6.07, 6.45) is 1.64. The quantitative estimate of drug-likeness (QED) is 0.326. The fourth-order valence-corrected chi connectivity index (χ4v) is 1.24. The van der Waals surface area contributed by atoms with Gasteiger partial charge in [0.25, 0.3) is 0 Å². The van der Waals surface area contributed by atoms with Gasteiger partial charge in [-0.15, -0.1) is 0 Å². The third-order valence-corrected chi connectivity index (χ3v) is 1.92. The van der Waals surface area contributed by atoms with Gasteiger partial charge >= 0.3 is 5.96 Å². The first-order valence-electron chi connectivity index (χ1n) is 3.36. The van der Waals surface area contributed by atoms with Crippen molar-refractivity contribution in [3.63, 3.8) is 0 Å².